The van der Waals surface area contributed by atoms with Crippen LogP contribution in [0.3, 0.4) is 0 Å². The summed E-state index contributed by atoms with van der Waals surface area (Å²) in [6.07, 6.45) is 9.94. The lowest BCUT2D eigenvalue weighted by atomic mass is 9.74. The van der Waals surface area contributed by atoms with Crippen molar-refractivity contribution in [1.82, 2.24) is 15.1 Å². The average Bonchev–Trinajstić information content (AvgIpc) is 3.74. The largest absolute Gasteiger partial charge is 0.491 e. The van der Waals surface area contributed by atoms with Crippen molar-refractivity contribution >= 4 is 5.91 Å². The highest BCUT2D eigenvalue weighted by molar-refractivity contribution is 5.82. The van der Waals surface area contributed by atoms with Gasteiger partial charge in [-0.05, 0) is 79.6 Å². The third kappa shape index (κ3) is 6.86. The molecule has 2 aliphatic heterocycles. The summed E-state index contributed by atoms with van der Waals surface area (Å²) in [7, 11) is 5.29. The summed E-state index contributed by atoms with van der Waals surface area (Å²) < 4.78 is 16.4. The number of benzene rings is 1. The monoisotopic (exact) mass is 525 g/mol. The number of ether oxygens (including phenoxy) is 3. The minimum Gasteiger partial charge on any atom is -0.491 e. The van der Waals surface area contributed by atoms with Crippen LogP contribution in [0.25, 0.3) is 0 Å². The fourth-order valence-electron chi connectivity index (χ4n) is 5.27. The third-order valence-electron chi connectivity index (χ3n) is 7.68. The zero-order chi connectivity index (χ0) is 27.1. The molecule has 1 amide bonds. The molecule has 1 aromatic rings. The van der Waals surface area contributed by atoms with E-state index in [1.54, 1.807) is 14.2 Å². The van der Waals surface area contributed by atoms with Crippen LogP contribution in [0.1, 0.15) is 36.8 Å². The van der Waals surface area contributed by atoms with Gasteiger partial charge in [0.15, 0.2) is 0 Å². The topological polar surface area (TPSA) is 83.5 Å². The quantitative estimate of drug-likeness (QED) is 0.383. The number of piperidine rings is 1. The summed E-state index contributed by atoms with van der Waals surface area (Å²) in [5, 5.41) is 15.3. The van der Waals surface area contributed by atoms with Crippen molar-refractivity contribution in [2.24, 2.45) is 5.92 Å². The first-order valence-corrected chi connectivity index (χ1v) is 13.6. The highest BCUT2D eigenvalue weighted by Gasteiger charge is 2.49. The number of likely N-dealkylation sites (N-methyl/N-ethyl adjacent to an activating group) is 1. The van der Waals surface area contributed by atoms with Crippen LogP contribution in [0.2, 0.25) is 0 Å². The first-order valence-electron chi connectivity index (χ1n) is 13.6. The fraction of sp³-hybridized carbons (Fsp3) is 0.567. The van der Waals surface area contributed by atoms with Crippen molar-refractivity contribution < 1.29 is 24.1 Å². The Morgan fingerprint density at radius 3 is 2.66 bits per heavy atom. The van der Waals surface area contributed by atoms with Gasteiger partial charge in [0.2, 0.25) is 5.91 Å². The number of aryl methyl sites for hydroxylation is 1. The first-order chi connectivity index (χ1) is 18.4. The number of allylic oxidation sites excluding steroid dienone is 1. The average molecular weight is 526 g/mol. The minimum absolute atomic E-state index is 0.00678. The second kappa shape index (κ2) is 12.9. The van der Waals surface area contributed by atoms with E-state index in [4.69, 9.17) is 14.2 Å². The predicted molar refractivity (Wildman–Crippen MR) is 148 cm³/mol. The summed E-state index contributed by atoms with van der Waals surface area (Å²) >= 11 is 0. The van der Waals surface area contributed by atoms with Crippen LogP contribution in [0.15, 0.2) is 54.4 Å². The number of nitrogens with zero attached hydrogens (tertiary/aromatic N) is 2. The smallest absolute Gasteiger partial charge is 0.230 e. The zero-order valence-electron chi connectivity index (χ0n) is 23.1. The third-order valence-corrected chi connectivity index (χ3v) is 7.68. The number of methoxy groups -OCH3 is 2. The van der Waals surface area contributed by atoms with E-state index in [9.17, 15) is 9.90 Å². The van der Waals surface area contributed by atoms with E-state index in [0.29, 0.717) is 45.9 Å². The van der Waals surface area contributed by atoms with Gasteiger partial charge in [0, 0.05) is 58.9 Å². The molecule has 0 bridgehead atoms. The Kier molecular flexibility index (Phi) is 9.65. The van der Waals surface area contributed by atoms with Gasteiger partial charge in [-0.25, -0.2) is 0 Å². The van der Waals surface area contributed by atoms with Crippen molar-refractivity contribution in [3.8, 4) is 5.75 Å². The van der Waals surface area contributed by atoms with Gasteiger partial charge >= 0.3 is 0 Å². The maximum atomic E-state index is 14.2. The molecule has 1 aromatic carbocycles. The van der Waals surface area contributed by atoms with E-state index < -0.39 is 11.5 Å². The molecule has 3 aliphatic rings. The molecule has 8 nitrogen and oxygen atoms in total. The van der Waals surface area contributed by atoms with Crippen LogP contribution < -0.4 is 10.1 Å². The lowest BCUT2D eigenvalue weighted by Crippen LogP contribution is -2.58. The van der Waals surface area contributed by atoms with Crippen LogP contribution >= 0.6 is 0 Å². The number of hydrogen-bond donors (Lipinski definition) is 2. The molecule has 2 heterocycles. The second-order valence-corrected chi connectivity index (χ2v) is 10.6. The highest BCUT2D eigenvalue weighted by Crippen LogP contribution is 2.39. The molecular formula is C30H43N3O5. The molecule has 0 spiro atoms. The molecule has 2 fully saturated rings. The second-order valence-electron chi connectivity index (χ2n) is 10.6. The van der Waals surface area contributed by atoms with Crippen LogP contribution in [0.5, 0.6) is 5.75 Å². The van der Waals surface area contributed by atoms with E-state index in [1.807, 2.05) is 41.3 Å². The molecule has 1 unspecified atom stereocenters. The van der Waals surface area contributed by atoms with Crippen molar-refractivity contribution in [1.29, 1.82) is 0 Å². The number of rotatable bonds is 13. The van der Waals surface area contributed by atoms with Gasteiger partial charge in [-0.3, -0.25) is 4.79 Å². The Hall–Kier alpha value is -2.65. The van der Waals surface area contributed by atoms with Crippen molar-refractivity contribution in [2.45, 2.75) is 50.3 Å². The molecule has 0 radical (unpaired) electrons. The van der Waals surface area contributed by atoms with Crippen LogP contribution in [-0.4, -0.2) is 86.6 Å². The molecule has 38 heavy (non-hydrogen) atoms. The number of nitrogens with one attached hydrogen (secondary N) is 1. The van der Waals surface area contributed by atoms with E-state index in [1.165, 1.54) is 0 Å². The summed E-state index contributed by atoms with van der Waals surface area (Å²) in [6, 6.07) is 6.45. The van der Waals surface area contributed by atoms with Crippen LogP contribution in [-0.2, 0) is 27.2 Å². The van der Waals surface area contributed by atoms with Crippen molar-refractivity contribution in [3.05, 3.63) is 65.5 Å². The maximum absolute atomic E-state index is 14.2. The van der Waals surface area contributed by atoms with E-state index >= 15 is 0 Å². The standard InChI is InChI=1S/C30H43N3O5/c1-22-16-25(9-12-32(22)2)30(35)10-11-31-20-28(30)29(34)33(26-7-8-26)21-24-17-23(6-5-13-36-3)18-27(19-24)38-15-14-37-4/h9,12,16-19,26,28,31,35H,1,5-8,10-11,13-15,20-21H2,2-4H3/t28?,30-/m0/s1. The molecule has 2 atom stereocenters. The highest BCUT2D eigenvalue weighted by atomic mass is 16.5. The molecule has 4 rings (SSSR count). The van der Waals surface area contributed by atoms with E-state index in [0.717, 1.165) is 53.8 Å². The van der Waals surface area contributed by atoms with E-state index in [2.05, 4.69) is 24.0 Å². The number of hydrogen-bond acceptors (Lipinski definition) is 7. The van der Waals surface area contributed by atoms with Gasteiger partial charge in [0.05, 0.1) is 12.5 Å². The summed E-state index contributed by atoms with van der Waals surface area (Å²) in [5.74, 6) is 0.199. The molecule has 1 aliphatic carbocycles. The van der Waals surface area contributed by atoms with Gasteiger partial charge < -0.3 is 34.4 Å². The Balaban J connectivity index is 1.57. The van der Waals surface area contributed by atoms with Crippen LogP contribution in [0, 0.1) is 5.92 Å². The fourth-order valence-corrected chi connectivity index (χ4v) is 5.27. The predicted octanol–water partition coefficient (Wildman–Crippen LogP) is 3.02. The minimum atomic E-state index is -1.24. The molecule has 1 saturated carbocycles. The molecule has 208 valence electrons. The van der Waals surface area contributed by atoms with Gasteiger partial charge in [0.25, 0.3) is 0 Å². The summed E-state index contributed by atoms with van der Waals surface area (Å²) in [5.41, 5.74) is 2.50. The number of amides is 1. The Morgan fingerprint density at radius 2 is 1.95 bits per heavy atom. The Morgan fingerprint density at radius 1 is 1.18 bits per heavy atom. The maximum Gasteiger partial charge on any atom is 0.230 e. The van der Waals surface area contributed by atoms with Gasteiger partial charge in [-0.2, -0.15) is 0 Å². The lowest BCUT2D eigenvalue weighted by molar-refractivity contribution is -0.146. The van der Waals surface area contributed by atoms with Gasteiger partial charge in [-0.1, -0.05) is 12.6 Å². The zero-order valence-corrected chi connectivity index (χ0v) is 23.1. The van der Waals surface area contributed by atoms with Crippen molar-refractivity contribution in [2.75, 3.05) is 54.2 Å². The van der Waals surface area contributed by atoms with Crippen molar-refractivity contribution in [3.63, 3.8) is 0 Å². The molecule has 0 aromatic heterocycles. The Bertz CT molecular complexity index is 1020. The molecule has 1 saturated heterocycles. The number of carbonyl (C=O) groups is 1. The molecular weight excluding hydrogens is 482 g/mol. The van der Waals surface area contributed by atoms with Gasteiger partial charge in [0.1, 0.15) is 18.0 Å². The number of aliphatic hydroxyl groups is 1. The van der Waals surface area contributed by atoms with Crippen LogP contribution in [0.4, 0.5) is 0 Å². The van der Waals surface area contributed by atoms with E-state index in [-0.39, 0.29) is 11.9 Å². The lowest BCUT2D eigenvalue weighted by Gasteiger charge is -2.43. The number of carbonyl (C=O) groups excluding carboxylic acids is 1. The molecule has 8 heteroatoms. The molecule has 2 N–H and O–H groups in total. The summed E-state index contributed by atoms with van der Waals surface area (Å²) in [4.78, 5) is 18.0. The van der Waals surface area contributed by atoms with Gasteiger partial charge in [-0.15, -0.1) is 0 Å². The SMILES string of the molecule is C=C1C=C([C@@]2(O)CCNCC2C(=O)N(Cc2cc(CCCOC)cc(OCCOC)c2)C2CC2)C=CN1C. The normalized spacial score (nSPS) is 23.4. The summed E-state index contributed by atoms with van der Waals surface area (Å²) in [6.45, 7) is 7.33. The first kappa shape index (κ1) is 28.4. The Labute approximate surface area is 226 Å².